The van der Waals surface area contributed by atoms with Crippen LogP contribution in [0.5, 0.6) is 0 Å². The number of benzene rings is 1. The number of nitrogens with zero attached hydrogens (tertiary/aromatic N) is 1. The van der Waals surface area contributed by atoms with Crippen molar-refractivity contribution in [1.29, 1.82) is 0 Å². The Morgan fingerprint density at radius 2 is 2.00 bits per heavy atom. The van der Waals surface area contributed by atoms with Gasteiger partial charge < -0.3 is 10.2 Å². The standard InChI is InChI=1S/C20H29BrN2O2/c1-3-8-19(24)23(14-16-9-7-10-17(21)13-16)15(2)20(25)22-18-11-5-4-6-12-18/h7,9-10,13,15,18H,3-6,8,11-12,14H2,1-2H3,(H,22,25)/t15-/m1/s1. The monoisotopic (exact) mass is 408 g/mol. The van der Waals surface area contributed by atoms with Crippen LogP contribution in [0.4, 0.5) is 0 Å². The molecule has 0 bridgehead atoms. The average Bonchev–Trinajstić information content (AvgIpc) is 2.60. The summed E-state index contributed by atoms with van der Waals surface area (Å²) in [6.07, 6.45) is 6.96. The second-order valence-corrected chi connectivity index (χ2v) is 7.84. The highest BCUT2D eigenvalue weighted by atomic mass is 79.9. The molecule has 1 atom stereocenters. The highest BCUT2D eigenvalue weighted by Crippen LogP contribution is 2.19. The van der Waals surface area contributed by atoms with Gasteiger partial charge >= 0.3 is 0 Å². The number of halogens is 1. The molecule has 1 aliphatic carbocycles. The summed E-state index contributed by atoms with van der Waals surface area (Å²) in [6.45, 7) is 4.28. The van der Waals surface area contributed by atoms with Gasteiger partial charge in [-0.25, -0.2) is 0 Å². The van der Waals surface area contributed by atoms with Gasteiger partial charge in [0.15, 0.2) is 0 Å². The van der Waals surface area contributed by atoms with Gasteiger partial charge in [-0.05, 0) is 43.9 Å². The predicted molar refractivity (Wildman–Crippen MR) is 104 cm³/mol. The van der Waals surface area contributed by atoms with E-state index in [0.29, 0.717) is 13.0 Å². The van der Waals surface area contributed by atoms with Crippen molar-refractivity contribution < 1.29 is 9.59 Å². The van der Waals surface area contributed by atoms with E-state index in [4.69, 9.17) is 0 Å². The van der Waals surface area contributed by atoms with E-state index in [1.165, 1.54) is 19.3 Å². The summed E-state index contributed by atoms with van der Waals surface area (Å²) in [7, 11) is 0. The Balaban J connectivity index is 2.07. The highest BCUT2D eigenvalue weighted by Gasteiger charge is 2.27. The summed E-state index contributed by atoms with van der Waals surface area (Å²) in [5.74, 6) is 0.000111. The summed E-state index contributed by atoms with van der Waals surface area (Å²) in [5.41, 5.74) is 1.02. The number of rotatable bonds is 7. The van der Waals surface area contributed by atoms with Gasteiger partial charge in [-0.3, -0.25) is 9.59 Å². The van der Waals surface area contributed by atoms with Crippen molar-refractivity contribution in [2.24, 2.45) is 0 Å². The number of carbonyl (C=O) groups is 2. The zero-order valence-corrected chi connectivity index (χ0v) is 16.8. The molecule has 1 aromatic carbocycles. The van der Waals surface area contributed by atoms with Crippen LogP contribution in [0.25, 0.3) is 0 Å². The fourth-order valence-electron chi connectivity index (χ4n) is 3.34. The Labute approximate surface area is 159 Å². The molecule has 1 aliphatic rings. The second-order valence-electron chi connectivity index (χ2n) is 6.92. The van der Waals surface area contributed by atoms with Crippen LogP contribution in [0.3, 0.4) is 0 Å². The zero-order valence-electron chi connectivity index (χ0n) is 15.3. The lowest BCUT2D eigenvalue weighted by Gasteiger charge is -2.31. The van der Waals surface area contributed by atoms with E-state index < -0.39 is 6.04 Å². The van der Waals surface area contributed by atoms with Crippen LogP contribution < -0.4 is 5.32 Å². The van der Waals surface area contributed by atoms with E-state index in [-0.39, 0.29) is 17.9 Å². The van der Waals surface area contributed by atoms with E-state index in [1.54, 1.807) is 4.90 Å². The molecular formula is C20H29BrN2O2. The summed E-state index contributed by atoms with van der Waals surface area (Å²) in [4.78, 5) is 27.0. The number of carbonyl (C=O) groups excluding carboxylic acids is 2. The van der Waals surface area contributed by atoms with E-state index in [2.05, 4.69) is 21.2 Å². The molecule has 2 amide bonds. The molecule has 5 heteroatoms. The van der Waals surface area contributed by atoms with Crippen LogP contribution in [0.1, 0.15) is 64.4 Å². The van der Waals surface area contributed by atoms with Crippen molar-refractivity contribution in [3.05, 3.63) is 34.3 Å². The topological polar surface area (TPSA) is 49.4 Å². The van der Waals surface area contributed by atoms with Gasteiger partial charge in [0.25, 0.3) is 0 Å². The summed E-state index contributed by atoms with van der Waals surface area (Å²) in [6, 6.07) is 7.70. The number of hydrogen-bond donors (Lipinski definition) is 1. The maximum absolute atomic E-state index is 12.7. The number of amides is 2. The molecule has 0 radical (unpaired) electrons. The first kappa shape index (κ1) is 20.0. The third-order valence-electron chi connectivity index (χ3n) is 4.82. The first-order valence-electron chi connectivity index (χ1n) is 9.35. The molecule has 1 N–H and O–H groups in total. The maximum atomic E-state index is 12.7. The Morgan fingerprint density at radius 3 is 2.64 bits per heavy atom. The molecular weight excluding hydrogens is 380 g/mol. The third-order valence-corrected chi connectivity index (χ3v) is 5.32. The lowest BCUT2D eigenvalue weighted by atomic mass is 9.95. The van der Waals surface area contributed by atoms with Crippen LogP contribution in [0.2, 0.25) is 0 Å². The summed E-state index contributed by atoms with van der Waals surface area (Å²) < 4.78 is 0.979. The molecule has 0 aliphatic heterocycles. The maximum Gasteiger partial charge on any atom is 0.242 e. The molecule has 0 spiro atoms. The molecule has 1 aromatic rings. The molecule has 0 unspecified atom stereocenters. The van der Waals surface area contributed by atoms with Gasteiger partial charge in [0.05, 0.1) is 0 Å². The van der Waals surface area contributed by atoms with Crippen molar-refractivity contribution >= 4 is 27.7 Å². The molecule has 138 valence electrons. The Morgan fingerprint density at radius 1 is 1.28 bits per heavy atom. The van der Waals surface area contributed by atoms with Crippen LogP contribution in [0.15, 0.2) is 28.7 Å². The fourth-order valence-corrected chi connectivity index (χ4v) is 3.79. The Bertz CT molecular complexity index is 585. The molecule has 0 heterocycles. The molecule has 0 saturated heterocycles. The zero-order chi connectivity index (χ0) is 18.2. The van der Waals surface area contributed by atoms with E-state index in [0.717, 1.165) is 29.3 Å². The van der Waals surface area contributed by atoms with Gasteiger partial charge in [0, 0.05) is 23.5 Å². The molecule has 25 heavy (non-hydrogen) atoms. The van der Waals surface area contributed by atoms with Crippen molar-refractivity contribution in [1.82, 2.24) is 10.2 Å². The van der Waals surface area contributed by atoms with Crippen LogP contribution in [-0.4, -0.2) is 28.8 Å². The Hall–Kier alpha value is -1.36. The lowest BCUT2D eigenvalue weighted by Crippen LogP contribution is -2.50. The largest absolute Gasteiger partial charge is 0.352 e. The van der Waals surface area contributed by atoms with E-state index in [9.17, 15) is 9.59 Å². The van der Waals surface area contributed by atoms with Gasteiger partial charge in [0.1, 0.15) is 6.04 Å². The van der Waals surface area contributed by atoms with Gasteiger partial charge in [-0.15, -0.1) is 0 Å². The van der Waals surface area contributed by atoms with Gasteiger partial charge in [0.2, 0.25) is 11.8 Å². The molecule has 2 rings (SSSR count). The smallest absolute Gasteiger partial charge is 0.242 e. The van der Waals surface area contributed by atoms with Crippen LogP contribution in [-0.2, 0) is 16.1 Å². The third kappa shape index (κ3) is 6.14. The quantitative estimate of drug-likeness (QED) is 0.725. The molecule has 1 saturated carbocycles. The normalized spacial score (nSPS) is 16.3. The minimum atomic E-state index is -0.458. The van der Waals surface area contributed by atoms with Crippen molar-refractivity contribution in [3.8, 4) is 0 Å². The average molecular weight is 409 g/mol. The van der Waals surface area contributed by atoms with Crippen molar-refractivity contribution in [3.63, 3.8) is 0 Å². The van der Waals surface area contributed by atoms with E-state index in [1.807, 2.05) is 38.1 Å². The molecule has 4 nitrogen and oxygen atoms in total. The first-order valence-corrected chi connectivity index (χ1v) is 10.1. The van der Waals surface area contributed by atoms with Gasteiger partial charge in [-0.1, -0.05) is 54.2 Å². The fraction of sp³-hybridized carbons (Fsp3) is 0.600. The Kier molecular flexibility index (Phi) is 7.94. The van der Waals surface area contributed by atoms with E-state index >= 15 is 0 Å². The van der Waals surface area contributed by atoms with Crippen molar-refractivity contribution in [2.75, 3.05) is 0 Å². The van der Waals surface area contributed by atoms with Crippen molar-refractivity contribution in [2.45, 2.75) is 77.4 Å². The summed E-state index contributed by atoms with van der Waals surface area (Å²) in [5, 5.41) is 3.15. The lowest BCUT2D eigenvalue weighted by molar-refractivity contribution is -0.141. The molecule has 1 fully saturated rings. The second kappa shape index (κ2) is 9.95. The first-order chi connectivity index (χ1) is 12.0. The number of nitrogens with one attached hydrogen (secondary N) is 1. The number of hydrogen-bond acceptors (Lipinski definition) is 2. The highest BCUT2D eigenvalue weighted by molar-refractivity contribution is 9.10. The predicted octanol–water partition coefficient (Wildman–Crippen LogP) is 4.42. The van der Waals surface area contributed by atoms with Crippen LogP contribution >= 0.6 is 15.9 Å². The minimum absolute atomic E-state index is 0.0358. The molecule has 0 aromatic heterocycles. The minimum Gasteiger partial charge on any atom is -0.352 e. The van der Waals surface area contributed by atoms with Gasteiger partial charge in [-0.2, -0.15) is 0 Å². The SMILES string of the molecule is CCCC(=O)N(Cc1cccc(Br)c1)[C@H](C)C(=O)NC1CCCCC1. The van der Waals surface area contributed by atoms with Crippen LogP contribution in [0, 0.1) is 0 Å². The summed E-state index contributed by atoms with van der Waals surface area (Å²) >= 11 is 3.47.